The minimum atomic E-state index is -0.860. The Morgan fingerprint density at radius 1 is 1.47 bits per heavy atom. The summed E-state index contributed by atoms with van der Waals surface area (Å²) < 4.78 is 13.5. The fraction of sp³-hybridized carbons (Fsp3) is 0.308. The summed E-state index contributed by atoms with van der Waals surface area (Å²) in [7, 11) is 0. The second-order valence-electron chi connectivity index (χ2n) is 4.82. The van der Waals surface area contributed by atoms with Crippen molar-refractivity contribution in [2.75, 3.05) is 0 Å². The molecule has 1 aromatic carbocycles. The summed E-state index contributed by atoms with van der Waals surface area (Å²) in [5, 5.41) is 9.64. The number of carbonyl (C=O) groups is 1. The maximum Gasteiger partial charge on any atom is 0.304 e. The van der Waals surface area contributed by atoms with E-state index in [1.165, 1.54) is 6.07 Å². The number of carboxylic acids is 1. The molecule has 0 aliphatic carbocycles. The van der Waals surface area contributed by atoms with Gasteiger partial charge in [0.25, 0.3) is 0 Å². The van der Waals surface area contributed by atoms with Crippen molar-refractivity contribution in [3.63, 3.8) is 0 Å². The van der Waals surface area contributed by atoms with Gasteiger partial charge < -0.3 is 10.1 Å². The zero-order valence-electron chi connectivity index (χ0n) is 9.75. The highest BCUT2D eigenvalue weighted by atomic mass is 19.1. The van der Waals surface area contributed by atoms with E-state index in [0.29, 0.717) is 5.52 Å². The molecular formula is C13H14FNO2. The van der Waals surface area contributed by atoms with Crippen LogP contribution in [0.5, 0.6) is 0 Å². The summed E-state index contributed by atoms with van der Waals surface area (Å²) in [5.41, 5.74) is 0.730. The Morgan fingerprint density at radius 2 is 2.18 bits per heavy atom. The molecule has 0 atom stereocenters. The van der Waals surface area contributed by atoms with Crippen LogP contribution in [0.15, 0.2) is 24.4 Å². The van der Waals surface area contributed by atoms with Crippen molar-refractivity contribution in [2.24, 2.45) is 0 Å². The van der Waals surface area contributed by atoms with Crippen molar-refractivity contribution in [2.45, 2.75) is 25.7 Å². The average molecular weight is 235 g/mol. The summed E-state index contributed by atoms with van der Waals surface area (Å²) >= 11 is 0. The third kappa shape index (κ3) is 2.02. The minimum Gasteiger partial charge on any atom is -0.481 e. The highest BCUT2D eigenvalue weighted by Gasteiger charge is 2.27. The number of hydrogen-bond donors (Lipinski definition) is 2. The monoisotopic (exact) mass is 235 g/mol. The lowest BCUT2D eigenvalue weighted by atomic mass is 9.81. The Morgan fingerprint density at radius 3 is 2.82 bits per heavy atom. The van der Waals surface area contributed by atoms with Gasteiger partial charge in [-0.2, -0.15) is 0 Å². The second-order valence-corrected chi connectivity index (χ2v) is 4.82. The molecule has 1 heterocycles. The number of fused-ring (bicyclic) bond motifs is 1. The molecule has 0 amide bonds. The molecule has 0 spiro atoms. The van der Waals surface area contributed by atoms with Gasteiger partial charge in [0.15, 0.2) is 0 Å². The number of H-pyrrole nitrogens is 1. The standard InChI is InChI=1S/C13H14FNO2/c1-13(2,6-11(16)17)9-7-15-12-8(9)4-3-5-10(12)14/h3-5,7,15H,6H2,1-2H3,(H,16,17). The molecule has 0 saturated heterocycles. The first kappa shape index (κ1) is 11.6. The molecule has 90 valence electrons. The summed E-state index contributed by atoms with van der Waals surface area (Å²) in [5.74, 6) is -1.18. The van der Waals surface area contributed by atoms with Gasteiger partial charge in [0.05, 0.1) is 11.9 Å². The number of halogens is 1. The third-order valence-corrected chi connectivity index (χ3v) is 2.99. The zero-order chi connectivity index (χ0) is 12.6. The van der Waals surface area contributed by atoms with Gasteiger partial charge in [-0.1, -0.05) is 26.0 Å². The summed E-state index contributed by atoms with van der Waals surface area (Å²) in [6.07, 6.45) is 1.70. The van der Waals surface area contributed by atoms with Crippen LogP contribution in [-0.4, -0.2) is 16.1 Å². The van der Waals surface area contributed by atoms with Crippen LogP contribution in [0.2, 0.25) is 0 Å². The lowest BCUT2D eigenvalue weighted by Gasteiger charge is -2.21. The topological polar surface area (TPSA) is 53.1 Å². The van der Waals surface area contributed by atoms with Crippen molar-refractivity contribution < 1.29 is 14.3 Å². The van der Waals surface area contributed by atoms with E-state index in [4.69, 9.17) is 5.11 Å². The molecular weight excluding hydrogens is 221 g/mol. The lowest BCUT2D eigenvalue weighted by Crippen LogP contribution is -2.21. The maximum absolute atomic E-state index is 13.5. The summed E-state index contributed by atoms with van der Waals surface area (Å²) in [6, 6.07) is 4.81. The van der Waals surface area contributed by atoms with E-state index >= 15 is 0 Å². The van der Waals surface area contributed by atoms with Crippen LogP contribution >= 0.6 is 0 Å². The SMILES string of the molecule is CC(C)(CC(=O)O)c1c[nH]c2c(F)cccc12. The average Bonchev–Trinajstić information content (AvgIpc) is 2.61. The molecule has 0 fully saturated rings. The first-order valence-corrected chi connectivity index (χ1v) is 5.40. The molecule has 3 nitrogen and oxygen atoms in total. The van der Waals surface area contributed by atoms with E-state index in [9.17, 15) is 9.18 Å². The van der Waals surface area contributed by atoms with Gasteiger partial charge in [0.2, 0.25) is 0 Å². The molecule has 0 bridgehead atoms. The van der Waals surface area contributed by atoms with E-state index in [2.05, 4.69) is 4.98 Å². The Balaban J connectivity index is 2.56. The fourth-order valence-electron chi connectivity index (χ4n) is 2.15. The Kier molecular flexibility index (Phi) is 2.65. The molecule has 17 heavy (non-hydrogen) atoms. The molecule has 0 radical (unpaired) electrons. The van der Waals surface area contributed by atoms with Crippen LogP contribution in [0.25, 0.3) is 10.9 Å². The largest absolute Gasteiger partial charge is 0.481 e. The van der Waals surface area contributed by atoms with Gasteiger partial charge in [-0.05, 0) is 11.6 Å². The molecule has 4 heteroatoms. The number of aliphatic carboxylic acids is 1. The zero-order valence-corrected chi connectivity index (χ0v) is 9.75. The Labute approximate surface area is 98.3 Å². The number of para-hydroxylation sites is 1. The van der Waals surface area contributed by atoms with E-state index < -0.39 is 11.4 Å². The van der Waals surface area contributed by atoms with E-state index in [-0.39, 0.29) is 12.2 Å². The van der Waals surface area contributed by atoms with E-state index in [1.807, 2.05) is 13.8 Å². The molecule has 0 saturated carbocycles. The number of carboxylic acid groups (broad SMARTS) is 1. The Bertz CT molecular complexity index is 572. The first-order chi connectivity index (χ1) is 7.92. The van der Waals surface area contributed by atoms with Crippen molar-refractivity contribution in [1.82, 2.24) is 4.98 Å². The van der Waals surface area contributed by atoms with Crippen molar-refractivity contribution in [1.29, 1.82) is 0 Å². The van der Waals surface area contributed by atoms with Crippen LogP contribution in [0.4, 0.5) is 4.39 Å². The van der Waals surface area contributed by atoms with Gasteiger partial charge in [0, 0.05) is 17.0 Å². The van der Waals surface area contributed by atoms with Gasteiger partial charge in [-0.25, -0.2) is 4.39 Å². The number of aromatic nitrogens is 1. The van der Waals surface area contributed by atoms with Crippen LogP contribution in [0, 0.1) is 5.82 Å². The van der Waals surface area contributed by atoms with Crippen LogP contribution in [-0.2, 0) is 10.2 Å². The molecule has 2 aromatic rings. The lowest BCUT2D eigenvalue weighted by molar-refractivity contribution is -0.138. The smallest absolute Gasteiger partial charge is 0.304 e. The van der Waals surface area contributed by atoms with Crippen LogP contribution in [0.1, 0.15) is 25.8 Å². The number of rotatable bonds is 3. The molecule has 1 aromatic heterocycles. The number of aromatic amines is 1. The minimum absolute atomic E-state index is 0.0104. The molecule has 0 unspecified atom stereocenters. The first-order valence-electron chi connectivity index (χ1n) is 5.40. The molecule has 0 aliphatic rings. The molecule has 0 aliphatic heterocycles. The number of benzene rings is 1. The quantitative estimate of drug-likeness (QED) is 0.859. The fourth-order valence-corrected chi connectivity index (χ4v) is 2.15. The summed E-state index contributed by atoms with van der Waals surface area (Å²) in [6.45, 7) is 3.68. The van der Waals surface area contributed by atoms with Crippen molar-refractivity contribution >= 4 is 16.9 Å². The van der Waals surface area contributed by atoms with Crippen molar-refractivity contribution in [3.8, 4) is 0 Å². The van der Waals surface area contributed by atoms with Crippen LogP contribution in [0.3, 0.4) is 0 Å². The maximum atomic E-state index is 13.5. The van der Waals surface area contributed by atoms with E-state index in [1.54, 1.807) is 18.3 Å². The van der Waals surface area contributed by atoms with Crippen LogP contribution < -0.4 is 0 Å². The number of hydrogen-bond acceptors (Lipinski definition) is 1. The van der Waals surface area contributed by atoms with Gasteiger partial charge in [0.1, 0.15) is 5.82 Å². The predicted octanol–water partition coefficient (Wildman–Crippen LogP) is 3.06. The van der Waals surface area contributed by atoms with E-state index in [0.717, 1.165) is 10.9 Å². The van der Waals surface area contributed by atoms with Crippen molar-refractivity contribution in [3.05, 3.63) is 35.8 Å². The van der Waals surface area contributed by atoms with Gasteiger partial charge in [-0.15, -0.1) is 0 Å². The normalized spacial score (nSPS) is 11.9. The molecule has 2 N–H and O–H groups in total. The highest BCUT2D eigenvalue weighted by molar-refractivity contribution is 5.85. The highest BCUT2D eigenvalue weighted by Crippen LogP contribution is 2.33. The molecule has 2 rings (SSSR count). The number of nitrogens with one attached hydrogen (secondary N) is 1. The van der Waals surface area contributed by atoms with Gasteiger partial charge in [-0.3, -0.25) is 4.79 Å². The second kappa shape index (κ2) is 3.87. The van der Waals surface area contributed by atoms with Gasteiger partial charge >= 0.3 is 5.97 Å². The third-order valence-electron chi connectivity index (χ3n) is 2.99. The summed E-state index contributed by atoms with van der Waals surface area (Å²) in [4.78, 5) is 13.7. The Hall–Kier alpha value is -1.84. The predicted molar refractivity (Wildman–Crippen MR) is 63.5 cm³/mol.